The topological polar surface area (TPSA) is 106 Å². The number of likely N-dealkylation sites (N-methyl/N-ethyl adjacent to an activating group) is 1. The van der Waals surface area contributed by atoms with Crippen LogP contribution < -0.4 is 5.73 Å². The van der Waals surface area contributed by atoms with Crippen molar-refractivity contribution in [3.05, 3.63) is 82.2 Å². The van der Waals surface area contributed by atoms with Crippen molar-refractivity contribution < 1.29 is 4.79 Å². The maximum Gasteiger partial charge on any atom is 0.239 e. The summed E-state index contributed by atoms with van der Waals surface area (Å²) in [7, 11) is 1.64. The van der Waals surface area contributed by atoms with Crippen LogP contribution in [0.5, 0.6) is 0 Å². The highest BCUT2D eigenvalue weighted by Crippen LogP contribution is 2.50. The van der Waals surface area contributed by atoms with Crippen LogP contribution in [0.25, 0.3) is 10.4 Å². The molecule has 0 spiro atoms. The molecule has 2 aromatic carbocycles. The predicted molar refractivity (Wildman–Crippen MR) is 132 cm³/mol. The van der Waals surface area contributed by atoms with E-state index in [1.54, 1.807) is 24.5 Å². The summed E-state index contributed by atoms with van der Waals surface area (Å²) in [6, 6.07) is 23.9. The van der Waals surface area contributed by atoms with E-state index >= 15 is 0 Å². The number of nitriles is 2. The molecule has 1 fully saturated rings. The second-order valence-electron chi connectivity index (χ2n) is 9.12. The van der Waals surface area contributed by atoms with Crippen molar-refractivity contribution in [1.82, 2.24) is 4.90 Å². The number of hydrogen-bond donors (Lipinski definition) is 1. The van der Waals surface area contributed by atoms with Crippen LogP contribution >= 0.6 is 11.3 Å². The summed E-state index contributed by atoms with van der Waals surface area (Å²) < 4.78 is 0. The van der Waals surface area contributed by atoms with Crippen LogP contribution in [-0.4, -0.2) is 23.8 Å². The number of guanidine groups is 1. The quantitative estimate of drug-likeness (QED) is 0.606. The van der Waals surface area contributed by atoms with Crippen LogP contribution in [0.4, 0.5) is 0 Å². The van der Waals surface area contributed by atoms with Crippen molar-refractivity contribution in [2.75, 3.05) is 7.05 Å². The minimum atomic E-state index is -0.891. The van der Waals surface area contributed by atoms with E-state index < -0.39 is 11.5 Å². The Morgan fingerprint density at radius 3 is 2.50 bits per heavy atom. The second kappa shape index (κ2) is 7.83. The molecule has 2 aliphatic rings. The molecule has 3 aromatic rings. The third kappa shape index (κ3) is 3.37. The number of aliphatic imine (C=N–C) groups is 1. The van der Waals surface area contributed by atoms with Crippen LogP contribution in [-0.2, 0) is 15.7 Å². The van der Waals surface area contributed by atoms with Gasteiger partial charge in [-0.05, 0) is 60.7 Å². The van der Waals surface area contributed by atoms with Crippen LogP contribution in [0.2, 0.25) is 0 Å². The summed E-state index contributed by atoms with van der Waals surface area (Å²) in [5, 5.41) is 18.8. The number of nitrogens with two attached hydrogens (primary N) is 1. The van der Waals surface area contributed by atoms with E-state index in [0.717, 1.165) is 39.3 Å². The Hall–Kier alpha value is -3.94. The van der Waals surface area contributed by atoms with Crippen molar-refractivity contribution >= 4 is 23.2 Å². The fourth-order valence-corrected chi connectivity index (χ4v) is 5.80. The number of carbonyl (C=O) groups is 1. The molecule has 6 nitrogen and oxygen atoms in total. The molecule has 0 unspecified atom stereocenters. The van der Waals surface area contributed by atoms with Gasteiger partial charge in [-0.15, -0.1) is 11.3 Å². The molecule has 7 heteroatoms. The Labute approximate surface area is 202 Å². The molecule has 0 saturated heterocycles. The molecule has 1 saturated carbocycles. The number of amides is 1. The van der Waals surface area contributed by atoms with Crippen molar-refractivity contribution in [1.29, 1.82) is 10.5 Å². The summed E-state index contributed by atoms with van der Waals surface area (Å²) in [5.41, 5.74) is 8.29. The highest BCUT2D eigenvalue weighted by atomic mass is 32.1. The Bertz CT molecular complexity index is 1400. The monoisotopic (exact) mass is 465 g/mol. The maximum atomic E-state index is 13.5. The zero-order valence-electron chi connectivity index (χ0n) is 18.9. The van der Waals surface area contributed by atoms with Gasteiger partial charge < -0.3 is 5.73 Å². The number of nitrogens with zero attached hydrogens (tertiary/aromatic N) is 4. The van der Waals surface area contributed by atoms with Gasteiger partial charge in [0.2, 0.25) is 5.91 Å². The number of thiophene rings is 1. The Kier molecular flexibility index (Phi) is 5.04. The first-order valence-corrected chi connectivity index (χ1v) is 11.9. The lowest BCUT2D eigenvalue weighted by Gasteiger charge is -2.40. The van der Waals surface area contributed by atoms with Gasteiger partial charge in [-0.25, -0.2) is 4.99 Å². The Balaban J connectivity index is 1.58. The van der Waals surface area contributed by atoms with Crippen molar-refractivity contribution in [3.8, 4) is 22.6 Å². The molecule has 1 aromatic heterocycles. The maximum absolute atomic E-state index is 13.5. The van der Waals surface area contributed by atoms with E-state index in [9.17, 15) is 15.3 Å². The predicted octanol–water partition coefficient (Wildman–Crippen LogP) is 4.63. The van der Waals surface area contributed by atoms with E-state index in [2.05, 4.69) is 12.1 Å². The highest BCUT2D eigenvalue weighted by Gasteiger charge is 2.49. The van der Waals surface area contributed by atoms with Crippen LogP contribution in [0.15, 0.2) is 65.7 Å². The third-order valence-corrected chi connectivity index (χ3v) is 8.33. The molecule has 2 N–H and O–H groups in total. The van der Waals surface area contributed by atoms with Gasteiger partial charge in [-0.2, -0.15) is 10.5 Å². The van der Waals surface area contributed by atoms with Crippen molar-refractivity contribution in [2.24, 2.45) is 10.7 Å². The first-order valence-electron chi connectivity index (χ1n) is 11.1. The van der Waals surface area contributed by atoms with Crippen molar-refractivity contribution in [3.63, 3.8) is 0 Å². The first-order chi connectivity index (χ1) is 16.3. The lowest BCUT2D eigenvalue weighted by Crippen LogP contribution is -2.52. The average molecular weight is 466 g/mol. The smallest absolute Gasteiger partial charge is 0.239 e. The molecule has 168 valence electrons. The molecule has 1 aliphatic heterocycles. The molecule has 34 heavy (non-hydrogen) atoms. The minimum absolute atomic E-state index is 0.120. The van der Waals surface area contributed by atoms with Gasteiger partial charge in [0.1, 0.15) is 5.54 Å². The summed E-state index contributed by atoms with van der Waals surface area (Å²) in [5.74, 6) is -0.498. The van der Waals surface area contributed by atoms with Gasteiger partial charge in [0.25, 0.3) is 0 Å². The Morgan fingerprint density at radius 2 is 1.85 bits per heavy atom. The highest BCUT2D eigenvalue weighted by molar-refractivity contribution is 7.15. The Morgan fingerprint density at radius 1 is 1.12 bits per heavy atom. The first kappa shape index (κ1) is 21.9. The fraction of sp³-hybridized carbons (Fsp3) is 0.259. The molecule has 1 aliphatic carbocycles. The van der Waals surface area contributed by atoms with E-state index in [-0.39, 0.29) is 17.3 Å². The SMILES string of the molecule is CN1C(=O)[C@@H](c2ccc(C3(C#N)CC3)cc2)[C@@](C)(c2ccc(-c3cccc(C#N)c3)s2)N=C1N. The zero-order chi connectivity index (χ0) is 24.1. The van der Waals surface area contributed by atoms with E-state index in [4.69, 9.17) is 10.7 Å². The van der Waals surface area contributed by atoms with Crippen LogP contribution in [0.1, 0.15) is 47.3 Å². The summed E-state index contributed by atoms with van der Waals surface area (Å²) in [4.78, 5) is 21.7. The molecule has 0 bridgehead atoms. The lowest BCUT2D eigenvalue weighted by molar-refractivity contribution is -0.130. The summed E-state index contributed by atoms with van der Waals surface area (Å²) in [6.45, 7) is 1.95. The number of carbonyl (C=O) groups excluding carboxylic acids is 1. The average Bonchev–Trinajstić information content (AvgIpc) is 3.49. The van der Waals surface area contributed by atoms with E-state index in [1.165, 1.54) is 4.90 Å². The van der Waals surface area contributed by atoms with Gasteiger partial charge in [0.05, 0.1) is 29.0 Å². The molecule has 2 atom stereocenters. The molecular weight excluding hydrogens is 442 g/mol. The minimum Gasteiger partial charge on any atom is -0.369 e. The van der Waals surface area contributed by atoms with Crippen LogP contribution in [0, 0.1) is 22.7 Å². The van der Waals surface area contributed by atoms with Crippen molar-refractivity contribution in [2.45, 2.75) is 36.6 Å². The van der Waals surface area contributed by atoms with E-state index in [1.807, 2.05) is 61.5 Å². The molecule has 2 heterocycles. The van der Waals surface area contributed by atoms with Gasteiger partial charge in [-0.3, -0.25) is 9.69 Å². The normalized spacial score (nSPS) is 23.1. The largest absolute Gasteiger partial charge is 0.369 e. The molecular formula is C27H23N5OS. The third-order valence-electron chi connectivity index (χ3n) is 6.97. The van der Waals surface area contributed by atoms with Gasteiger partial charge >= 0.3 is 0 Å². The zero-order valence-corrected chi connectivity index (χ0v) is 19.8. The molecule has 1 amide bonds. The van der Waals surface area contributed by atoms with Gasteiger partial charge in [-0.1, -0.05) is 36.4 Å². The fourth-order valence-electron chi connectivity index (χ4n) is 4.68. The summed E-state index contributed by atoms with van der Waals surface area (Å²) >= 11 is 1.55. The lowest BCUT2D eigenvalue weighted by atomic mass is 9.77. The van der Waals surface area contributed by atoms with Gasteiger partial charge in [0, 0.05) is 16.8 Å². The number of benzene rings is 2. The standard InChI is InChI=1S/C27H23N5OS/c1-26(22-11-10-21(34-22)19-5-3-4-17(14-19)15-28)23(24(33)32(2)25(30)31-26)18-6-8-20(9-7-18)27(16-29)12-13-27/h3-11,14,23H,12-13H2,1-2H3,(H2,30,31)/t23-,26-/m1/s1. The number of hydrogen-bond acceptors (Lipinski definition) is 6. The van der Waals surface area contributed by atoms with E-state index in [0.29, 0.717) is 5.56 Å². The number of rotatable bonds is 4. The van der Waals surface area contributed by atoms with Gasteiger partial charge in [0.15, 0.2) is 5.96 Å². The molecule has 5 rings (SSSR count). The second-order valence-corrected chi connectivity index (χ2v) is 10.2. The summed E-state index contributed by atoms with van der Waals surface area (Å²) in [6.07, 6.45) is 1.74. The van der Waals surface area contributed by atoms with Crippen LogP contribution in [0.3, 0.4) is 0 Å². The molecule has 0 radical (unpaired) electrons.